The fraction of sp³-hybridized carbons (Fsp3) is 0.174. The molecule has 3 N–H and O–H groups in total. The minimum atomic E-state index is -0.482. The predicted octanol–water partition coefficient (Wildman–Crippen LogP) is 4.05. The lowest BCUT2D eigenvalue weighted by Gasteiger charge is -2.16. The lowest BCUT2D eigenvalue weighted by atomic mass is 10.2. The molecular weight excluding hydrogens is 433 g/mol. The zero-order chi connectivity index (χ0) is 23.8. The minimum Gasteiger partial charge on any atom is -0.494 e. The number of hydrogen-bond donors (Lipinski definition) is 3. The van der Waals surface area contributed by atoms with Gasteiger partial charge in [0, 0.05) is 30.7 Å². The summed E-state index contributed by atoms with van der Waals surface area (Å²) in [5.74, 6) is -1.05. The van der Waals surface area contributed by atoms with E-state index in [4.69, 9.17) is 13.9 Å². The van der Waals surface area contributed by atoms with Gasteiger partial charge in [-0.1, -0.05) is 0 Å². The zero-order valence-electron chi connectivity index (χ0n) is 17.9. The van der Waals surface area contributed by atoms with E-state index in [9.17, 15) is 18.8 Å². The highest BCUT2D eigenvalue weighted by Gasteiger charge is 2.17. The van der Waals surface area contributed by atoms with Crippen LogP contribution in [0.25, 0.3) is 0 Å². The van der Waals surface area contributed by atoms with Crippen molar-refractivity contribution in [3.63, 3.8) is 0 Å². The maximum Gasteiger partial charge on any atom is 0.291 e. The number of halogens is 1. The van der Waals surface area contributed by atoms with E-state index in [1.807, 2.05) is 0 Å². The van der Waals surface area contributed by atoms with Crippen LogP contribution in [-0.4, -0.2) is 31.9 Å². The molecule has 172 valence electrons. The summed E-state index contributed by atoms with van der Waals surface area (Å²) < 4.78 is 28.6. The summed E-state index contributed by atoms with van der Waals surface area (Å²) in [6.07, 6.45) is 1.20. The zero-order valence-corrected chi connectivity index (χ0v) is 17.9. The smallest absolute Gasteiger partial charge is 0.291 e. The average Bonchev–Trinajstić information content (AvgIpc) is 3.35. The second-order valence-corrected chi connectivity index (χ2v) is 6.79. The van der Waals surface area contributed by atoms with Crippen LogP contribution in [0.1, 0.15) is 23.4 Å². The molecule has 0 saturated carbocycles. The second kappa shape index (κ2) is 10.8. The van der Waals surface area contributed by atoms with Gasteiger partial charge in [-0.3, -0.25) is 14.4 Å². The maximum atomic E-state index is 12.9. The maximum absolute atomic E-state index is 12.9. The van der Waals surface area contributed by atoms with Gasteiger partial charge in [0.15, 0.2) is 5.76 Å². The number of carbonyl (C=O) groups is 3. The minimum absolute atomic E-state index is 0.0834. The number of anilines is 3. The highest BCUT2D eigenvalue weighted by atomic mass is 19.1. The Labute approximate surface area is 188 Å². The van der Waals surface area contributed by atoms with Gasteiger partial charge < -0.3 is 29.8 Å². The molecule has 3 amide bonds. The standard InChI is InChI=1S/C23H22FN3O6/c1-31-19-13-17(27-23(30)18-4-3-11-33-18)20(32-2)12-16(19)26-22(29)10-9-21(28)25-15-7-5-14(24)6-8-15/h3-8,11-13H,9-10H2,1-2H3,(H,25,28)(H,26,29)(H,27,30). The summed E-state index contributed by atoms with van der Waals surface area (Å²) in [5.41, 5.74) is 1.04. The molecule has 0 radical (unpaired) electrons. The monoisotopic (exact) mass is 455 g/mol. The van der Waals surface area contributed by atoms with Gasteiger partial charge >= 0.3 is 0 Å². The van der Waals surface area contributed by atoms with Crippen LogP contribution in [0.4, 0.5) is 21.5 Å². The molecule has 9 nitrogen and oxygen atoms in total. The first-order valence-corrected chi connectivity index (χ1v) is 9.85. The quantitative estimate of drug-likeness (QED) is 0.448. The van der Waals surface area contributed by atoms with E-state index in [-0.39, 0.29) is 30.1 Å². The molecule has 3 rings (SSSR count). The molecule has 0 saturated heterocycles. The fourth-order valence-corrected chi connectivity index (χ4v) is 2.88. The second-order valence-electron chi connectivity index (χ2n) is 6.79. The van der Waals surface area contributed by atoms with Gasteiger partial charge in [-0.05, 0) is 36.4 Å². The lowest BCUT2D eigenvalue weighted by molar-refractivity contribution is -0.121. The molecule has 1 heterocycles. The third-order valence-corrected chi connectivity index (χ3v) is 4.50. The van der Waals surface area contributed by atoms with Crippen molar-refractivity contribution < 1.29 is 32.7 Å². The number of carbonyl (C=O) groups excluding carboxylic acids is 3. The van der Waals surface area contributed by atoms with Crippen molar-refractivity contribution in [3.05, 3.63) is 66.4 Å². The van der Waals surface area contributed by atoms with Crippen molar-refractivity contribution >= 4 is 34.8 Å². The van der Waals surface area contributed by atoms with E-state index in [1.54, 1.807) is 6.07 Å². The highest BCUT2D eigenvalue weighted by molar-refractivity contribution is 6.04. The topological polar surface area (TPSA) is 119 Å². The van der Waals surface area contributed by atoms with Crippen LogP contribution < -0.4 is 25.4 Å². The number of ether oxygens (including phenoxy) is 2. The molecule has 0 spiro atoms. The molecule has 3 aromatic rings. The predicted molar refractivity (Wildman–Crippen MR) is 119 cm³/mol. The first kappa shape index (κ1) is 23.3. The van der Waals surface area contributed by atoms with Gasteiger partial charge in [-0.2, -0.15) is 0 Å². The van der Waals surface area contributed by atoms with Crippen LogP contribution in [0.15, 0.2) is 59.2 Å². The molecule has 0 unspecified atom stereocenters. The number of amides is 3. The number of benzene rings is 2. The Bertz CT molecular complexity index is 1130. The van der Waals surface area contributed by atoms with Crippen molar-refractivity contribution in [2.45, 2.75) is 12.8 Å². The highest BCUT2D eigenvalue weighted by Crippen LogP contribution is 2.36. The molecule has 0 aliphatic rings. The fourth-order valence-electron chi connectivity index (χ4n) is 2.88. The van der Waals surface area contributed by atoms with Crippen LogP contribution in [-0.2, 0) is 9.59 Å². The van der Waals surface area contributed by atoms with E-state index in [0.717, 1.165) is 0 Å². The summed E-state index contributed by atoms with van der Waals surface area (Å²) in [4.78, 5) is 36.7. The number of hydrogen-bond acceptors (Lipinski definition) is 6. The summed E-state index contributed by atoms with van der Waals surface area (Å²) >= 11 is 0. The Morgan fingerprint density at radius 2 is 1.42 bits per heavy atom. The Kier molecular flexibility index (Phi) is 7.64. The molecule has 0 aliphatic carbocycles. The number of furan rings is 1. The van der Waals surface area contributed by atoms with Gasteiger partial charge in [0.05, 0.1) is 31.9 Å². The number of methoxy groups -OCH3 is 2. The van der Waals surface area contributed by atoms with Crippen LogP contribution in [0.3, 0.4) is 0 Å². The molecule has 33 heavy (non-hydrogen) atoms. The first-order chi connectivity index (χ1) is 15.9. The molecule has 1 aromatic heterocycles. The molecule has 0 aliphatic heterocycles. The van der Waals surface area contributed by atoms with Gasteiger partial charge in [-0.25, -0.2) is 4.39 Å². The molecule has 0 fully saturated rings. The van der Waals surface area contributed by atoms with Crippen molar-refractivity contribution in [2.24, 2.45) is 0 Å². The van der Waals surface area contributed by atoms with Gasteiger partial charge in [0.1, 0.15) is 17.3 Å². The van der Waals surface area contributed by atoms with E-state index in [1.165, 1.54) is 62.9 Å². The number of nitrogens with one attached hydrogen (secondary N) is 3. The van der Waals surface area contributed by atoms with Gasteiger partial charge in [-0.15, -0.1) is 0 Å². The summed E-state index contributed by atoms with van der Waals surface area (Å²) in [7, 11) is 2.82. The first-order valence-electron chi connectivity index (χ1n) is 9.85. The summed E-state index contributed by atoms with van der Waals surface area (Å²) in [6.45, 7) is 0. The normalized spacial score (nSPS) is 10.3. The Morgan fingerprint density at radius 1 is 0.848 bits per heavy atom. The third-order valence-electron chi connectivity index (χ3n) is 4.50. The van der Waals surface area contributed by atoms with Crippen molar-refractivity contribution in [3.8, 4) is 11.5 Å². The van der Waals surface area contributed by atoms with E-state index in [0.29, 0.717) is 17.1 Å². The van der Waals surface area contributed by atoms with Crippen molar-refractivity contribution in [2.75, 3.05) is 30.2 Å². The number of rotatable bonds is 9. The van der Waals surface area contributed by atoms with Crippen LogP contribution in [0.5, 0.6) is 11.5 Å². The lowest BCUT2D eigenvalue weighted by Crippen LogP contribution is -2.18. The Hall–Kier alpha value is -4.34. The summed E-state index contributed by atoms with van der Waals surface area (Å²) in [5, 5.41) is 7.91. The molecular formula is C23H22FN3O6. The summed E-state index contributed by atoms with van der Waals surface area (Å²) in [6, 6.07) is 11.4. The van der Waals surface area contributed by atoms with Gasteiger partial charge in [0.25, 0.3) is 5.91 Å². The molecule has 2 aromatic carbocycles. The van der Waals surface area contributed by atoms with Crippen LogP contribution in [0.2, 0.25) is 0 Å². The van der Waals surface area contributed by atoms with Crippen LogP contribution in [0, 0.1) is 5.82 Å². The Morgan fingerprint density at radius 3 is 1.97 bits per heavy atom. The molecule has 0 bridgehead atoms. The van der Waals surface area contributed by atoms with E-state index in [2.05, 4.69) is 16.0 Å². The average molecular weight is 455 g/mol. The van der Waals surface area contributed by atoms with Gasteiger partial charge in [0.2, 0.25) is 11.8 Å². The van der Waals surface area contributed by atoms with E-state index >= 15 is 0 Å². The Balaban J connectivity index is 1.63. The third kappa shape index (κ3) is 6.33. The van der Waals surface area contributed by atoms with Crippen molar-refractivity contribution in [1.29, 1.82) is 0 Å². The van der Waals surface area contributed by atoms with Crippen molar-refractivity contribution in [1.82, 2.24) is 0 Å². The van der Waals surface area contributed by atoms with Crippen LogP contribution >= 0.6 is 0 Å². The SMILES string of the molecule is COc1cc(NC(=O)c2ccco2)c(OC)cc1NC(=O)CCC(=O)Nc1ccc(F)cc1. The molecule has 10 heteroatoms. The largest absolute Gasteiger partial charge is 0.494 e. The van der Waals surface area contributed by atoms with E-state index < -0.39 is 23.5 Å². The molecule has 0 atom stereocenters.